The summed E-state index contributed by atoms with van der Waals surface area (Å²) in [6.07, 6.45) is 4.78. The van der Waals surface area contributed by atoms with Crippen molar-refractivity contribution < 1.29 is 4.79 Å². The van der Waals surface area contributed by atoms with Crippen molar-refractivity contribution in [2.45, 2.75) is 19.8 Å². The third kappa shape index (κ3) is 2.37. The first-order valence-corrected chi connectivity index (χ1v) is 7.58. The van der Waals surface area contributed by atoms with Crippen molar-refractivity contribution in [1.29, 1.82) is 0 Å². The van der Waals surface area contributed by atoms with Crippen LogP contribution in [0.15, 0.2) is 48.1 Å². The van der Waals surface area contributed by atoms with E-state index >= 15 is 0 Å². The number of Topliss-reactive ketones (excluding diaryl/α,β-unsaturated/α-hetero) is 1. The van der Waals surface area contributed by atoms with Gasteiger partial charge in [0.25, 0.3) is 0 Å². The lowest BCUT2D eigenvalue weighted by Gasteiger charge is -2.05. The quantitative estimate of drug-likeness (QED) is 0.668. The van der Waals surface area contributed by atoms with Crippen LogP contribution in [0.25, 0.3) is 10.1 Å². The topological polar surface area (TPSA) is 30.0 Å². The first-order chi connectivity index (χ1) is 9.79. The summed E-state index contributed by atoms with van der Waals surface area (Å²) < 4.78 is 1.24. The first-order valence-electron chi connectivity index (χ1n) is 6.70. The SMILES string of the molecule is CCc1cnccc1C(=O)Cc1csc2ccccc12. The maximum Gasteiger partial charge on any atom is 0.167 e. The van der Waals surface area contributed by atoms with E-state index in [4.69, 9.17) is 0 Å². The minimum absolute atomic E-state index is 0.174. The molecule has 3 heteroatoms. The molecule has 3 aromatic rings. The summed E-state index contributed by atoms with van der Waals surface area (Å²) >= 11 is 1.70. The van der Waals surface area contributed by atoms with Crippen molar-refractivity contribution in [2.24, 2.45) is 0 Å². The zero-order valence-electron chi connectivity index (χ0n) is 11.3. The van der Waals surface area contributed by atoms with Gasteiger partial charge in [-0.25, -0.2) is 0 Å². The zero-order chi connectivity index (χ0) is 13.9. The Morgan fingerprint density at radius 3 is 2.90 bits per heavy atom. The van der Waals surface area contributed by atoms with E-state index in [0.717, 1.165) is 23.1 Å². The molecule has 0 bridgehead atoms. The van der Waals surface area contributed by atoms with E-state index in [-0.39, 0.29) is 5.78 Å². The number of benzene rings is 1. The summed E-state index contributed by atoms with van der Waals surface area (Å²) in [6, 6.07) is 10.1. The molecule has 1 aromatic carbocycles. The molecule has 20 heavy (non-hydrogen) atoms. The lowest BCUT2D eigenvalue weighted by Crippen LogP contribution is -2.07. The summed E-state index contributed by atoms with van der Waals surface area (Å²) in [6.45, 7) is 2.05. The van der Waals surface area contributed by atoms with E-state index in [9.17, 15) is 4.79 Å². The van der Waals surface area contributed by atoms with Crippen molar-refractivity contribution in [3.8, 4) is 0 Å². The third-order valence-corrected chi connectivity index (χ3v) is 4.51. The highest BCUT2D eigenvalue weighted by Crippen LogP contribution is 2.27. The van der Waals surface area contributed by atoms with Gasteiger partial charge in [0.05, 0.1) is 0 Å². The average Bonchev–Trinajstić information content (AvgIpc) is 2.90. The van der Waals surface area contributed by atoms with E-state index in [1.165, 1.54) is 10.1 Å². The van der Waals surface area contributed by atoms with Gasteiger partial charge in [-0.2, -0.15) is 0 Å². The van der Waals surface area contributed by atoms with Crippen molar-refractivity contribution in [2.75, 3.05) is 0 Å². The molecule has 0 saturated carbocycles. The van der Waals surface area contributed by atoms with Gasteiger partial charge in [-0.3, -0.25) is 9.78 Å². The minimum Gasteiger partial charge on any atom is -0.294 e. The number of aromatic nitrogens is 1. The van der Waals surface area contributed by atoms with Crippen molar-refractivity contribution >= 4 is 27.2 Å². The van der Waals surface area contributed by atoms with Gasteiger partial charge in [-0.1, -0.05) is 25.1 Å². The van der Waals surface area contributed by atoms with E-state index < -0.39 is 0 Å². The predicted molar refractivity (Wildman–Crippen MR) is 83.5 cm³/mol. The molecule has 0 fully saturated rings. The van der Waals surface area contributed by atoms with E-state index in [1.54, 1.807) is 23.7 Å². The van der Waals surface area contributed by atoms with Gasteiger partial charge in [-0.05, 0) is 40.4 Å². The maximum atomic E-state index is 12.5. The summed E-state index contributed by atoms with van der Waals surface area (Å²) in [5.41, 5.74) is 2.95. The Morgan fingerprint density at radius 2 is 2.05 bits per heavy atom. The number of fused-ring (bicyclic) bond motifs is 1. The molecule has 0 radical (unpaired) electrons. The van der Waals surface area contributed by atoms with E-state index in [2.05, 4.69) is 22.5 Å². The van der Waals surface area contributed by atoms with Crippen LogP contribution in [0.3, 0.4) is 0 Å². The van der Waals surface area contributed by atoms with Gasteiger partial charge in [-0.15, -0.1) is 11.3 Å². The Kier molecular flexibility index (Phi) is 3.61. The monoisotopic (exact) mass is 281 g/mol. The van der Waals surface area contributed by atoms with Crippen molar-refractivity contribution in [3.63, 3.8) is 0 Å². The fourth-order valence-electron chi connectivity index (χ4n) is 2.42. The second-order valence-corrected chi connectivity index (χ2v) is 5.65. The summed E-state index contributed by atoms with van der Waals surface area (Å²) in [5.74, 6) is 0.174. The van der Waals surface area contributed by atoms with Crippen LogP contribution in [-0.4, -0.2) is 10.8 Å². The number of carbonyl (C=O) groups is 1. The molecule has 0 aliphatic carbocycles. The Hall–Kier alpha value is -2.00. The van der Waals surface area contributed by atoms with Crippen LogP contribution in [0.2, 0.25) is 0 Å². The highest BCUT2D eigenvalue weighted by molar-refractivity contribution is 7.17. The molecule has 100 valence electrons. The molecular weight excluding hydrogens is 266 g/mol. The van der Waals surface area contributed by atoms with Crippen LogP contribution in [0.1, 0.15) is 28.4 Å². The van der Waals surface area contributed by atoms with E-state index in [1.807, 2.05) is 25.1 Å². The Morgan fingerprint density at radius 1 is 1.20 bits per heavy atom. The second-order valence-electron chi connectivity index (χ2n) is 4.74. The molecule has 0 saturated heterocycles. The Labute approximate surface area is 122 Å². The molecule has 3 rings (SSSR count). The number of thiophene rings is 1. The van der Waals surface area contributed by atoms with Crippen molar-refractivity contribution in [1.82, 2.24) is 4.98 Å². The zero-order valence-corrected chi connectivity index (χ0v) is 12.1. The molecule has 0 spiro atoms. The standard InChI is InChI=1S/C17H15NOS/c1-2-12-10-18-8-7-14(12)16(19)9-13-11-20-17-6-4-3-5-15(13)17/h3-8,10-11H,2,9H2,1H3. The number of ketones is 1. The molecule has 0 amide bonds. The minimum atomic E-state index is 0.174. The van der Waals surface area contributed by atoms with Gasteiger partial charge in [0.15, 0.2) is 5.78 Å². The third-order valence-electron chi connectivity index (χ3n) is 3.50. The van der Waals surface area contributed by atoms with Crippen LogP contribution >= 0.6 is 11.3 Å². The molecule has 0 atom stereocenters. The number of hydrogen-bond acceptors (Lipinski definition) is 3. The Balaban J connectivity index is 1.93. The van der Waals surface area contributed by atoms with Gasteiger partial charge < -0.3 is 0 Å². The van der Waals surface area contributed by atoms with Gasteiger partial charge in [0.1, 0.15) is 0 Å². The fraction of sp³-hybridized carbons (Fsp3) is 0.176. The summed E-state index contributed by atoms with van der Waals surface area (Å²) in [5, 5.41) is 3.29. The van der Waals surface area contributed by atoms with Gasteiger partial charge in [0, 0.05) is 29.1 Å². The maximum absolute atomic E-state index is 12.5. The van der Waals surface area contributed by atoms with Gasteiger partial charge in [0.2, 0.25) is 0 Å². The summed E-state index contributed by atoms with van der Waals surface area (Å²) in [4.78, 5) is 16.6. The number of carbonyl (C=O) groups excluding carboxylic acids is 1. The van der Waals surface area contributed by atoms with Crippen molar-refractivity contribution in [3.05, 3.63) is 64.8 Å². The lowest BCUT2D eigenvalue weighted by atomic mass is 9.99. The fourth-order valence-corrected chi connectivity index (χ4v) is 3.38. The highest BCUT2D eigenvalue weighted by Gasteiger charge is 2.13. The Bertz CT molecular complexity index is 760. The first kappa shape index (κ1) is 13.0. The molecule has 2 nitrogen and oxygen atoms in total. The molecule has 0 aliphatic heterocycles. The predicted octanol–water partition coefficient (Wildman–Crippen LogP) is 4.28. The molecule has 2 aromatic heterocycles. The summed E-state index contributed by atoms with van der Waals surface area (Å²) in [7, 11) is 0. The number of aryl methyl sites for hydroxylation is 1. The smallest absolute Gasteiger partial charge is 0.167 e. The van der Waals surface area contributed by atoms with Gasteiger partial charge >= 0.3 is 0 Å². The molecule has 0 unspecified atom stereocenters. The molecular formula is C17H15NOS. The molecule has 0 aliphatic rings. The van der Waals surface area contributed by atoms with Crippen LogP contribution in [-0.2, 0) is 12.8 Å². The largest absolute Gasteiger partial charge is 0.294 e. The molecule has 0 N–H and O–H groups in total. The lowest BCUT2D eigenvalue weighted by molar-refractivity contribution is 0.0992. The second kappa shape index (κ2) is 5.55. The number of rotatable bonds is 4. The average molecular weight is 281 g/mol. The van der Waals surface area contributed by atoms with Crippen LogP contribution in [0.4, 0.5) is 0 Å². The number of nitrogens with zero attached hydrogens (tertiary/aromatic N) is 1. The molecule has 2 heterocycles. The van der Waals surface area contributed by atoms with Crippen LogP contribution in [0, 0.1) is 0 Å². The highest BCUT2D eigenvalue weighted by atomic mass is 32.1. The van der Waals surface area contributed by atoms with Crippen LogP contribution in [0.5, 0.6) is 0 Å². The van der Waals surface area contributed by atoms with Crippen LogP contribution < -0.4 is 0 Å². The number of pyridine rings is 1. The number of hydrogen-bond donors (Lipinski definition) is 0. The normalized spacial score (nSPS) is 10.8. The van der Waals surface area contributed by atoms with E-state index in [0.29, 0.717) is 6.42 Å².